The molecular weight excluding hydrogens is 933 g/mol. The minimum Gasteiger partial charge on any atom is -0.481 e. The molecule has 4 rings (SSSR count). The highest BCUT2D eigenvalue weighted by Gasteiger charge is 2.42. The molecule has 2 aromatic rings. The molecule has 20 N–H and O–H groups in total. The third-order valence-electron chi connectivity index (χ3n) is 11.7. The highest BCUT2D eigenvalue weighted by molar-refractivity contribution is 5.99. The lowest BCUT2D eigenvalue weighted by Gasteiger charge is -2.30. The molecule has 8 amide bonds. The van der Waals surface area contributed by atoms with Gasteiger partial charge in [0.2, 0.25) is 47.3 Å². The molecule has 0 spiro atoms. The maximum absolute atomic E-state index is 14.1. The van der Waals surface area contributed by atoms with E-state index in [0.717, 1.165) is 21.4 Å². The predicted molar refractivity (Wildman–Crippen MR) is 254 cm³/mol. The second-order valence-corrected chi connectivity index (χ2v) is 17.1. The maximum atomic E-state index is 14.1. The summed E-state index contributed by atoms with van der Waals surface area (Å²) < 4.78 is 0. The lowest BCUT2D eigenvalue weighted by molar-refractivity contribution is -0.146. The summed E-state index contributed by atoms with van der Waals surface area (Å²) in [6.07, 6.45) is 0.989. The van der Waals surface area contributed by atoms with Crippen LogP contribution in [-0.2, 0) is 54.4 Å². The number of aromatic amines is 1. The van der Waals surface area contributed by atoms with E-state index in [1.807, 2.05) is 24.3 Å². The van der Waals surface area contributed by atoms with Crippen LogP contribution in [0.4, 0.5) is 0 Å². The summed E-state index contributed by atoms with van der Waals surface area (Å²) in [6.45, 7) is -0.387. The Labute approximate surface area is 406 Å². The number of hydrogen-bond acceptors (Lipinski definition) is 13. The van der Waals surface area contributed by atoms with Gasteiger partial charge in [0.25, 0.3) is 0 Å². The number of para-hydroxylation sites is 1. The van der Waals surface area contributed by atoms with Gasteiger partial charge in [-0.25, -0.2) is 4.79 Å². The number of nitrogens with two attached hydrogens (primary N) is 6. The van der Waals surface area contributed by atoms with Crippen LogP contribution >= 0.6 is 0 Å². The number of carbonyl (C=O) groups excluding carboxylic acids is 8. The Kier molecular flexibility index (Phi) is 20.8. The number of carboxylic acid groups (broad SMARTS) is 2. The predicted octanol–water partition coefficient (Wildman–Crippen LogP) is -5.38. The number of benzene rings is 1. The molecule has 2 aliphatic rings. The van der Waals surface area contributed by atoms with Crippen molar-refractivity contribution in [1.82, 2.24) is 41.4 Å². The molecule has 1 aromatic carbocycles. The average Bonchev–Trinajstić information content (AvgIpc) is 4.10. The molecule has 71 heavy (non-hydrogen) atoms. The van der Waals surface area contributed by atoms with E-state index in [4.69, 9.17) is 34.4 Å². The largest absolute Gasteiger partial charge is 0.481 e. The number of carbonyl (C=O) groups is 10. The molecule has 0 unspecified atom stereocenters. The van der Waals surface area contributed by atoms with Crippen LogP contribution in [0.15, 0.2) is 40.4 Å². The highest BCUT2D eigenvalue weighted by Crippen LogP contribution is 2.22. The van der Waals surface area contributed by atoms with Crippen LogP contribution < -0.4 is 61.0 Å². The van der Waals surface area contributed by atoms with Crippen molar-refractivity contribution in [3.8, 4) is 0 Å². The highest BCUT2D eigenvalue weighted by atomic mass is 16.4. The van der Waals surface area contributed by atoms with Crippen LogP contribution in [-0.4, -0.2) is 171 Å². The first-order valence-corrected chi connectivity index (χ1v) is 22.9. The van der Waals surface area contributed by atoms with Gasteiger partial charge in [-0.05, 0) is 69.4 Å². The van der Waals surface area contributed by atoms with Gasteiger partial charge in [0.05, 0.1) is 25.4 Å². The van der Waals surface area contributed by atoms with Gasteiger partial charge in [-0.15, -0.1) is 0 Å². The van der Waals surface area contributed by atoms with Crippen LogP contribution in [0, 0.1) is 0 Å². The molecule has 28 nitrogen and oxygen atoms in total. The minimum atomic E-state index is -1.86. The molecule has 1 aromatic heterocycles. The Morgan fingerprint density at radius 2 is 1.24 bits per heavy atom. The Morgan fingerprint density at radius 1 is 0.690 bits per heavy atom. The number of rotatable bonds is 27. The zero-order valence-corrected chi connectivity index (χ0v) is 39.0. The first kappa shape index (κ1) is 55.6. The summed E-state index contributed by atoms with van der Waals surface area (Å²) in [4.78, 5) is 144. The number of nitrogens with one attached hydrogen (secondary N) is 6. The molecule has 388 valence electrons. The van der Waals surface area contributed by atoms with E-state index >= 15 is 0 Å². The fourth-order valence-electron chi connectivity index (χ4n) is 8.27. The molecule has 0 bridgehead atoms. The van der Waals surface area contributed by atoms with Gasteiger partial charge in [0, 0.05) is 43.3 Å². The number of primary amides is 1. The Balaban J connectivity index is 1.42. The number of guanidine groups is 2. The second-order valence-electron chi connectivity index (χ2n) is 17.1. The molecule has 3 heterocycles. The number of aliphatic imine (C=N–C) groups is 2. The van der Waals surface area contributed by atoms with Gasteiger partial charge >= 0.3 is 11.9 Å². The summed E-state index contributed by atoms with van der Waals surface area (Å²) in [5, 5.41) is 32.6. The fraction of sp³-hybridized carbons (Fsp3) is 0.535. The van der Waals surface area contributed by atoms with Crippen LogP contribution in [0.3, 0.4) is 0 Å². The van der Waals surface area contributed by atoms with E-state index in [0.29, 0.717) is 6.42 Å². The number of likely N-dealkylation sites (tertiary alicyclic amines) is 2. The van der Waals surface area contributed by atoms with Gasteiger partial charge in [-0.3, -0.25) is 53.1 Å². The molecule has 7 atom stereocenters. The number of H-pyrrole nitrogens is 1. The summed E-state index contributed by atoms with van der Waals surface area (Å²) in [5.74, 6) is -10.5. The molecule has 28 heteroatoms. The van der Waals surface area contributed by atoms with E-state index in [9.17, 15) is 58.2 Å². The number of aliphatic carboxylic acids is 2. The molecule has 0 radical (unpaired) electrons. The first-order valence-electron chi connectivity index (χ1n) is 22.9. The van der Waals surface area contributed by atoms with Crippen molar-refractivity contribution in [3.63, 3.8) is 0 Å². The van der Waals surface area contributed by atoms with Crippen molar-refractivity contribution in [3.05, 3.63) is 36.0 Å². The van der Waals surface area contributed by atoms with Crippen LogP contribution in [0.1, 0.15) is 69.8 Å². The van der Waals surface area contributed by atoms with E-state index in [1.165, 1.54) is 4.90 Å². The van der Waals surface area contributed by atoms with Gasteiger partial charge < -0.3 is 86.0 Å². The third kappa shape index (κ3) is 16.9. The van der Waals surface area contributed by atoms with Crippen LogP contribution in [0.2, 0.25) is 0 Å². The van der Waals surface area contributed by atoms with Crippen molar-refractivity contribution in [1.29, 1.82) is 0 Å². The number of nitrogens with zero attached hydrogens (tertiary/aromatic N) is 4. The number of carboxylic acids is 2. The quantitative estimate of drug-likeness (QED) is 0.0226. The lowest BCUT2D eigenvalue weighted by atomic mass is 10.1. The maximum Gasteiger partial charge on any atom is 0.326 e. The van der Waals surface area contributed by atoms with Gasteiger partial charge in [0.1, 0.15) is 36.3 Å². The summed E-state index contributed by atoms with van der Waals surface area (Å²) in [5.41, 5.74) is 34.7. The van der Waals surface area contributed by atoms with Crippen LogP contribution in [0.5, 0.6) is 0 Å². The van der Waals surface area contributed by atoms with Crippen molar-refractivity contribution < 1.29 is 58.2 Å². The normalized spacial score (nSPS) is 17.4. The van der Waals surface area contributed by atoms with E-state index < -0.39 is 121 Å². The Bertz CT molecular complexity index is 2350. The first-order chi connectivity index (χ1) is 33.7. The molecule has 2 saturated heterocycles. The van der Waals surface area contributed by atoms with Gasteiger partial charge in [0.15, 0.2) is 11.9 Å². The smallest absolute Gasteiger partial charge is 0.326 e. The second kappa shape index (κ2) is 26.6. The van der Waals surface area contributed by atoms with Crippen molar-refractivity contribution >= 4 is 82.0 Å². The number of amides is 8. The Morgan fingerprint density at radius 3 is 1.83 bits per heavy atom. The third-order valence-corrected chi connectivity index (χ3v) is 11.7. The average molecular weight is 997 g/mol. The lowest BCUT2D eigenvalue weighted by Crippen LogP contribution is -2.60. The zero-order valence-electron chi connectivity index (χ0n) is 39.0. The molecule has 0 aliphatic carbocycles. The standard InChI is InChI=1S/C43H64N16O12/c44-24(17-22-20-52-25-8-2-1-7-23(22)25)35(64)53-21-33(61)58-15-5-11-30(58)38(67)56-28(18-32(45)60)37(66)57-29(19-34(62)63)40(69)59-16-6-12-31(59)39(68)54-26(9-3-13-50-42(46)47)36(65)55-27(41(70)71)10-4-14-51-43(48)49/h1-2,7-8,20,24,26-31,52H,3-6,9-19,21,44H2,(H2,45,60)(H,53,64)(H,54,68)(H,55,65)(H,56,67)(H,57,66)(H,62,63)(H,70,71)(H4,46,47,50)(H4,48,49,51)/t24-,26-,27-,28-,29-,30-,31-/m0/s1. The number of aromatic nitrogens is 1. The molecular formula is C43H64N16O12. The van der Waals surface area contributed by atoms with E-state index in [2.05, 4.69) is 41.6 Å². The van der Waals surface area contributed by atoms with Gasteiger partial charge in [-0.1, -0.05) is 18.2 Å². The zero-order chi connectivity index (χ0) is 52.4. The number of hydrogen-bond donors (Lipinski definition) is 14. The van der Waals surface area contributed by atoms with Gasteiger partial charge in [-0.2, -0.15) is 0 Å². The molecule has 2 aliphatic heterocycles. The van der Waals surface area contributed by atoms with Crippen molar-refractivity contribution in [2.45, 2.75) is 113 Å². The topological polar surface area (TPSA) is 474 Å². The van der Waals surface area contributed by atoms with Crippen LogP contribution in [0.25, 0.3) is 10.9 Å². The minimum absolute atomic E-state index is 0.0328. The van der Waals surface area contributed by atoms with E-state index in [1.54, 1.807) is 6.20 Å². The van der Waals surface area contributed by atoms with E-state index in [-0.39, 0.29) is 89.5 Å². The Hall–Kier alpha value is -8.04. The monoisotopic (exact) mass is 996 g/mol. The number of fused-ring (bicyclic) bond motifs is 1. The molecule has 0 saturated carbocycles. The molecule has 2 fully saturated rings. The SMILES string of the molecule is NC(=O)C[C@H](NC(=O)[C@@H]1CCCN1C(=O)CNC(=O)[C@@H](N)Cc1c[nH]c2ccccc12)C(=O)N[C@@H](CC(=O)O)C(=O)N1CCC[C@H]1C(=O)N[C@@H](CCCN=C(N)N)C(=O)N[C@@H](CCCN=C(N)N)C(=O)O. The summed E-state index contributed by atoms with van der Waals surface area (Å²) >= 11 is 0. The fourth-order valence-corrected chi connectivity index (χ4v) is 8.27. The summed E-state index contributed by atoms with van der Waals surface area (Å²) in [7, 11) is 0. The van der Waals surface area contributed by atoms with Crippen molar-refractivity contribution in [2.24, 2.45) is 44.4 Å². The van der Waals surface area contributed by atoms with Crippen molar-refractivity contribution in [2.75, 3.05) is 32.7 Å². The summed E-state index contributed by atoms with van der Waals surface area (Å²) in [6, 6.07) is -2.42.